The maximum absolute atomic E-state index is 13.1. The van der Waals surface area contributed by atoms with Crippen LogP contribution in [-0.2, 0) is 9.54 Å². The van der Waals surface area contributed by atoms with E-state index in [1.807, 2.05) is 69.5 Å². The summed E-state index contributed by atoms with van der Waals surface area (Å²) in [6.45, 7) is 12.2. The number of amides is 1. The Balaban J connectivity index is 2.00. The number of hydrogen-bond acceptors (Lipinski definition) is 2. The quantitative estimate of drug-likeness (QED) is 0.429. The van der Waals surface area contributed by atoms with Crippen LogP contribution in [0.15, 0.2) is 47.4 Å². The first-order valence-corrected chi connectivity index (χ1v) is 12.6. The molecule has 0 aromatic heterocycles. The Bertz CT molecular complexity index is 935. The van der Waals surface area contributed by atoms with Gasteiger partial charge in [0.1, 0.15) is 0 Å². The average molecular weight is 479 g/mol. The smallest absolute Gasteiger partial charge is 0.232 e. The highest BCUT2D eigenvalue weighted by Crippen LogP contribution is 2.55. The van der Waals surface area contributed by atoms with E-state index in [2.05, 4.69) is 31.2 Å². The van der Waals surface area contributed by atoms with E-state index < -0.39 is 5.41 Å². The van der Waals surface area contributed by atoms with Crippen molar-refractivity contribution in [3.63, 3.8) is 0 Å². The molecule has 2 nitrogen and oxygen atoms in total. The second kappa shape index (κ2) is 9.37. The molecule has 0 aliphatic heterocycles. The summed E-state index contributed by atoms with van der Waals surface area (Å²) in [6.07, 6.45) is 3.40. The first-order valence-electron chi connectivity index (χ1n) is 11.0. The average Bonchev–Trinajstić information content (AvgIpc) is 3.05. The van der Waals surface area contributed by atoms with Crippen molar-refractivity contribution in [2.45, 2.75) is 76.5 Å². The van der Waals surface area contributed by atoms with Gasteiger partial charge in [-0.3, -0.25) is 4.79 Å². The fourth-order valence-electron chi connectivity index (χ4n) is 4.36. The van der Waals surface area contributed by atoms with Crippen molar-refractivity contribution >= 4 is 46.6 Å². The summed E-state index contributed by atoms with van der Waals surface area (Å²) in [4.78, 5) is 16.2. The van der Waals surface area contributed by atoms with Crippen LogP contribution in [0, 0.1) is 11.3 Å². The Morgan fingerprint density at radius 1 is 1.13 bits per heavy atom. The van der Waals surface area contributed by atoms with Crippen LogP contribution in [-0.4, -0.2) is 11.9 Å². The number of halogens is 2. The lowest BCUT2D eigenvalue weighted by atomic mass is 9.92. The molecule has 1 fully saturated rings. The van der Waals surface area contributed by atoms with Crippen molar-refractivity contribution in [1.82, 2.24) is 0 Å². The highest BCUT2D eigenvalue weighted by atomic mass is 35.5. The highest BCUT2D eigenvalue weighted by Gasteiger charge is 2.41. The van der Waals surface area contributed by atoms with Crippen molar-refractivity contribution in [2.24, 2.45) is 11.3 Å². The van der Waals surface area contributed by atoms with Gasteiger partial charge in [0.25, 0.3) is 0 Å². The first kappa shape index (κ1) is 24.5. The van der Waals surface area contributed by atoms with Crippen molar-refractivity contribution in [1.29, 1.82) is 0 Å². The third-order valence-corrected chi connectivity index (χ3v) is 8.02. The summed E-state index contributed by atoms with van der Waals surface area (Å²) < 4.78 is -0.0217. The summed E-state index contributed by atoms with van der Waals surface area (Å²) in [5.41, 5.74) is 1.55. The summed E-state index contributed by atoms with van der Waals surface area (Å²) in [5, 5.41) is 1.39. The first-order chi connectivity index (χ1) is 14.4. The standard InChI is InChI=1S/C26H33Cl2NOS/c1-17(2)29(24(30)25(4,5)6)23-12-7-19(15-22(23)28)26(14-13-18(3)16-26)31-21-10-8-20(27)9-11-21/h7-12,15,17-18H,13-14,16H2,1-6H3. The summed E-state index contributed by atoms with van der Waals surface area (Å²) in [5.74, 6) is 0.741. The van der Waals surface area contributed by atoms with E-state index in [9.17, 15) is 4.79 Å². The van der Waals surface area contributed by atoms with Gasteiger partial charge in [0.2, 0.25) is 5.91 Å². The minimum atomic E-state index is -0.473. The van der Waals surface area contributed by atoms with Crippen molar-refractivity contribution in [3.05, 3.63) is 58.1 Å². The van der Waals surface area contributed by atoms with Gasteiger partial charge in [-0.05, 0) is 81.0 Å². The van der Waals surface area contributed by atoms with Crippen LogP contribution in [0.2, 0.25) is 10.0 Å². The number of hydrogen-bond donors (Lipinski definition) is 0. The minimum Gasteiger partial charge on any atom is -0.308 e. The molecule has 0 saturated heterocycles. The number of anilines is 1. The molecule has 0 N–H and O–H groups in total. The van der Waals surface area contributed by atoms with E-state index in [1.54, 1.807) is 0 Å². The molecule has 2 aromatic rings. The Morgan fingerprint density at radius 3 is 2.26 bits per heavy atom. The van der Waals surface area contributed by atoms with E-state index in [0.717, 1.165) is 23.6 Å². The SMILES string of the molecule is CC1CCC(Sc2ccc(Cl)cc2)(c2ccc(N(C(=O)C(C)(C)C)C(C)C)c(Cl)c2)C1. The monoisotopic (exact) mass is 477 g/mol. The molecule has 1 aliphatic carbocycles. The number of nitrogens with zero attached hydrogens (tertiary/aromatic N) is 1. The molecular formula is C26H33Cl2NOS. The van der Waals surface area contributed by atoms with Gasteiger partial charge in [-0.2, -0.15) is 0 Å². The zero-order chi connectivity index (χ0) is 23.0. The van der Waals surface area contributed by atoms with Crippen molar-refractivity contribution < 1.29 is 4.79 Å². The lowest BCUT2D eigenvalue weighted by Crippen LogP contribution is -2.44. The van der Waals surface area contributed by atoms with Crippen LogP contribution in [0.5, 0.6) is 0 Å². The fourth-order valence-corrected chi connectivity index (χ4v) is 6.31. The number of rotatable bonds is 5. The Labute approximate surface area is 201 Å². The van der Waals surface area contributed by atoms with Gasteiger partial charge in [-0.25, -0.2) is 0 Å². The highest BCUT2D eigenvalue weighted by molar-refractivity contribution is 8.00. The molecular weight excluding hydrogens is 445 g/mol. The maximum Gasteiger partial charge on any atom is 0.232 e. The second-order valence-corrected chi connectivity index (χ2v) is 12.4. The predicted molar refractivity (Wildman–Crippen MR) is 136 cm³/mol. The number of thioether (sulfide) groups is 1. The van der Waals surface area contributed by atoms with E-state index in [0.29, 0.717) is 10.9 Å². The molecule has 0 spiro atoms. The second-order valence-electron chi connectivity index (χ2n) is 10.1. The predicted octanol–water partition coefficient (Wildman–Crippen LogP) is 8.59. The Morgan fingerprint density at radius 2 is 1.77 bits per heavy atom. The molecule has 1 aliphatic rings. The Hall–Kier alpha value is -1.16. The number of benzene rings is 2. The van der Waals surface area contributed by atoms with Crippen LogP contribution in [0.25, 0.3) is 0 Å². The minimum absolute atomic E-state index is 0.0217. The molecule has 168 valence electrons. The zero-order valence-corrected chi connectivity index (χ0v) is 21.7. The fraction of sp³-hybridized carbons (Fsp3) is 0.500. The molecule has 1 saturated carbocycles. The van der Waals surface area contributed by atoms with Gasteiger partial charge in [0, 0.05) is 26.1 Å². The topological polar surface area (TPSA) is 20.3 Å². The van der Waals surface area contributed by atoms with Crippen LogP contribution in [0.1, 0.15) is 66.4 Å². The van der Waals surface area contributed by atoms with E-state index >= 15 is 0 Å². The largest absolute Gasteiger partial charge is 0.308 e. The van der Waals surface area contributed by atoms with Crippen LogP contribution >= 0.6 is 35.0 Å². The molecule has 0 bridgehead atoms. The molecule has 2 unspecified atom stereocenters. The van der Waals surface area contributed by atoms with Gasteiger partial charge in [-0.15, -0.1) is 11.8 Å². The van der Waals surface area contributed by atoms with Crippen LogP contribution in [0.3, 0.4) is 0 Å². The van der Waals surface area contributed by atoms with Crippen LogP contribution < -0.4 is 4.90 Å². The molecule has 5 heteroatoms. The van der Waals surface area contributed by atoms with E-state index in [1.165, 1.54) is 16.9 Å². The number of carbonyl (C=O) groups excluding carboxylic acids is 1. The zero-order valence-electron chi connectivity index (χ0n) is 19.3. The molecule has 1 amide bonds. The van der Waals surface area contributed by atoms with E-state index in [-0.39, 0.29) is 16.7 Å². The van der Waals surface area contributed by atoms with Gasteiger partial charge in [0.05, 0.1) is 10.7 Å². The van der Waals surface area contributed by atoms with Gasteiger partial charge in [-0.1, -0.05) is 57.0 Å². The normalized spacial score (nSPS) is 21.5. The maximum atomic E-state index is 13.1. The molecule has 0 heterocycles. The van der Waals surface area contributed by atoms with Crippen molar-refractivity contribution in [2.75, 3.05) is 4.90 Å². The van der Waals surface area contributed by atoms with Crippen LogP contribution in [0.4, 0.5) is 5.69 Å². The summed E-state index contributed by atoms with van der Waals surface area (Å²) in [7, 11) is 0. The lowest BCUT2D eigenvalue weighted by molar-refractivity contribution is -0.126. The molecule has 31 heavy (non-hydrogen) atoms. The van der Waals surface area contributed by atoms with Gasteiger partial charge >= 0.3 is 0 Å². The summed E-state index contributed by atoms with van der Waals surface area (Å²) >= 11 is 14.8. The van der Waals surface area contributed by atoms with E-state index in [4.69, 9.17) is 23.2 Å². The number of carbonyl (C=O) groups is 1. The molecule has 2 atom stereocenters. The molecule has 0 radical (unpaired) electrons. The van der Waals surface area contributed by atoms with Gasteiger partial charge in [0.15, 0.2) is 0 Å². The van der Waals surface area contributed by atoms with Gasteiger partial charge < -0.3 is 4.90 Å². The molecule has 2 aromatic carbocycles. The molecule has 3 rings (SSSR count). The Kier molecular flexibility index (Phi) is 7.40. The third kappa shape index (κ3) is 5.43. The lowest BCUT2D eigenvalue weighted by Gasteiger charge is -2.35. The summed E-state index contributed by atoms with van der Waals surface area (Å²) in [6, 6.07) is 14.4. The van der Waals surface area contributed by atoms with Crippen molar-refractivity contribution in [3.8, 4) is 0 Å². The third-order valence-electron chi connectivity index (χ3n) is 5.96.